The normalized spacial score (nSPS) is 27.8. The van der Waals surface area contributed by atoms with E-state index in [4.69, 9.17) is 0 Å². The lowest BCUT2D eigenvalue weighted by Crippen LogP contribution is -2.30. The van der Waals surface area contributed by atoms with Crippen molar-refractivity contribution in [2.75, 3.05) is 0 Å². The molecule has 3 fully saturated rings. The lowest BCUT2D eigenvalue weighted by Gasteiger charge is -2.44. The first-order chi connectivity index (χ1) is 11.3. The van der Waals surface area contributed by atoms with Gasteiger partial charge < -0.3 is 0 Å². The van der Waals surface area contributed by atoms with Crippen LogP contribution in [0.2, 0.25) is 0 Å². The smallest absolute Gasteiger partial charge is 0.129 e. The number of hydrogen-bond donors (Lipinski definition) is 0. The summed E-state index contributed by atoms with van der Waals surface area (Å²) in [6.07, 6.45) is 16.5. The van der Waals surface area contributed by atoms with Crippen molar-refractivity contribution in [1.82, 2.24) is 0 Å². The molecule has 0 saturated heterocycles. The molecular weight excluding hydrogens is 303 g/mol. The van der Waals surface area contributed by atoms with Gasteiger partial charge in [-0.1, -0.05) is 46.4 Å². The van der Waals surface area contributed by atoms with E-state index in [0.717, 1.165) is 36.2 Å². The zero-order chi connectivity index (χ0) is 16.1. The van der Waals surface area contributed by atoms with Crippen LogP contribution in [0.1, 0.15) is 83.5 Å². The van der Waals surface area contributed by atoms with E-state index in [1.165, 1.54) is 64.2 Å². The van der Waals surface area contributed by atoms with Crippen LogP contribution in [0.4, 0.5) is 0 Å². The van der Waals surface area contributed by atoms with E-state index in [-0.39, 0.29) is 7.92 Å². The largest absolute Gasteiger partial charge is 0.233 e. The summed E-state index contributed by atoms with van der Waals surface area (Å²) >= 11 is 0. The standard InChI is InChI=1S/C20H29O2P/c21-14-16-8-7-13-20(19(16)15-22)23(17-9-3-1-4-10-17)18-11-5-2-6-12-18/h17-18,20H,1-13H2. The molecule has 0 bridgehead atoms. The van der Waals surface area contributed by atoms with Crippen molar-refractivity contribution in [3.05, 3.63) is 11.1 Å². The van der Waals surface area contributed by atoms with Gasteiger partial charge in [0.15, 0.2) is 0 Å². The van der Waals surface area contributed by atoms with Gasteiger partial charge in [-0.2, -0.15) is 0 Å². The second kappa shape index (κ2) is 8.43. The Bertz CT molecular complexity index is 484. The molecule has 3 saturated carbocycles. The maximum absolute atomic E-state index is 11.7. The number of carbonyl (C=O) groups excluding carboxylic acids is 2. The van der Waals surface area contributed by atoms with Crippen LogP contribution in [0.3, 0.4) is 0 Å². The summed E-state index contributed by atoms with van der Waals surface area (Å²) in [5.74, 6) is 4.27. The summed E-state index contributed by atoms with van der Waals surface area (Å²) in [7, 11) is -0.192. The molecule has 3 aliphatic carbocycles. The Morgan fingerprint density at radius 3 is 1.74 bits per heavy atom. The van der Waals surface area contributed by atoms with Gasteiger partial charge in [-0.15, -0.1) is 0 Å². The van der Waals surface area contributed by atoms with E-state index in [1.807, 2.05) is 0 Å². The zero-order valence-electron chi connectivity index (χ0n) is 14.2. The Balaban J connectivity index is 1.89. The van der Waals surface area contributed by atoms with E-state index in [1.54, 1.807) is 0 Å². The van der Waals surface area contributed by atoms with E-state index < -0.39 is 0 Å². The van der Waals surface area contributed by atoms with Crippen molar-refractivity contribution in [2.45, 2.75) is 100 Å². The maximum atomic E-state index is 11.7. The Labute approximate surface area is 141 Å². The Morgan fingerprint density at radius 2 is 1.26 bits per heavy atom. The molecule has 3 aliphatic rings. The predicted molar refractivity (Wildman–Crippen MR) is 96.7 cm³/mol. The second-order valence-corrected chi connectivity index (χ2v) is 10.5. The third-order valence-corrected chi connectivity index (χ3v) is 10.1. The lowest BCUT2D eigenvalue weighted by molar-refractivity contribution is 0.479. The quantitative estimate of drug-likeness (QED) is 0.526. The highest BCUT2D eigenvalue weighted by Crippen LogP contribution is 2.62. The summed E-state index contributed by atoms with van der Waals surface area (Å²) in [4.78, 5) is 23.0. The van der Waals surface area contributed by atoms with Crippen LogP contribution in [-0.4, -0.2) is 28.9 Å². The number of rotatable bonds is 3. The van der Waals surface area contributed by atoms with Crippen molar-refractivity contribution in [3.8, 4) is 0 Å². The average Bonchev–Trinajstić information content (AvgIpc) is 2.63. The van der Waals surface area contributed by atoms with Gasteiger partial charge >= 0.3 is 0 Å². The first-order valence-electron chi connectivity index (χ1n) is 9.62. The van der Waals surface area contributed by atoms with Gasteiger partial charge in [-0.05, 0) is 56.3 Å². The van der Waals surface area contributed by atoms with Crippen LogP contribution in [0.25, 0.3) is 0 Å². The van der Waals surface area contributed by atoms with Gasteiger partial charge in [0, 0.05) is 5.66 Å². The summed E-state index contributed by atoms with van der Waals surface area (Å²) < 4.78 is 0. The fourth-order valence-corrected chi connectivity index (χ4v) is 9.58. The van der Waals surface area contributed by atoms with Gasteiger partial charge in [0.1, 0.15) is 11.9 Å². The van der Waals surface area contributed by atoms with E-state index in [2.05, 4.69) is 11.9 Å². The molecule has 0 spiro atoms. The summed E-state index contributed by atoms with van der Waals surface area (Å²) in [5, 5.41) is 0. The first kappa shape index (κ1) is 17.2. The number of allylic oxidation sites excluding steroid dienone is 2. The summed E-state index contributed by atoms with van der Waals surface area (Å²) in [6.45, 7) is 0. The molecule has 0 aromatic carbocycles. The molecule has 126 valence electrons. The van der Waals surface area contributed by atoms with Gasteiger partial charge in [-0.3, -0.25) is 0 Å². The van der Waals surface area contributed by atoms with E-state index in [9.17, 15) is 9.59 Å². The third-order valence-electron chi connectivity index (χ3n) is 6.15. The minimum Gasteiger partial charge on any atom is -0.233 e. The van der Waals surface area contributed by atoms with Gasteiger partial charge in [0.25, 0.3) is 0 Å². The Morgan fingerprint density at radius 1 is 0.696 bits per heavy atom. The molecule has 0 aromatic rings. The molecule has 0 radical (unpaired) electrons. The van der Waals surface area contributed by atoms with Crippen LogP contribution in [-0.2, 0) is 9.59 Å². The molecule has 0 heterocycles. The van der Waals surface area contributed by atoms with E-state index >= 15 is 0 Å². The average molecular weight is 332 g/mol. The van der Waals surface area contributed by atoms with Crippen LogP contribution >= 0.6 is 7.92 Å². The fraction of sp³-hybridized carbons (Fsp3) is 0.800. The predicted octanol–water partition coefficient (Wildman–Crippen LogP) is 5.20. The number of hydrogen-bond acceptors (Lipinski definition) is 2. The van der Waals surface area contributed by atoms with Gasteiger partial charge in [0.05, 0.1) is 11.1 Å². The molecule has 3 heteroatoms. The summed E-state index contributed by atoms with van der Waals surface area (Å²) in [6, 6.07) is 0. The summed E-state index contributed by atoms with van der Waals surface area (Å²) in [5.41, 5.74) is 3.37. The Kier molecular flexibility index (Phi) is 6.29. The van der Waals surface area contributed by atoms with Crippen molar-refractivity contribution in [1.29, 1.82) is 0 Å². The van der Waals surface area contributed by atoms with Gasteiger partial charge in [0.2, 0.25) is 0 Å². The third kappa shape index (κ3) is 3.88. The van der Waals surface area contributed by atoms with Crippen molar-refractivity contribution in [3.63, 3.8) is 0 Å². The monoisotopic (exact) mass is 332 g/mol. The van der Waals surface area contributed by atoms with Crippen molar-refractivity contribution >= 4 is 19.8 Å². The van der Waals surface area contributed by atoms with Crippen LogP contribution in [0.5, 0.6) is 0 Å². The molecule has 1 unspecified atom stereocenters. The minimum atomic E-state index is -0.192. The molecule has 0 aromatic heterocycles. The SMILES string of the molecule is O=C=C1CCCC(P(C2CCCCC2)C2CCCCC2)C1=C=O. The first-order valence-corrected chi connectivity index (χ1v) is 11.2. The second-order valence-electron chi connectivity index (χ2n) is 7.54. The van der Waals surface area contributed by atoms with Crippen LogP contribution in [0, 0.1) is 0 Å². The highest BCUT2D eigenvalue weighted by atomic mass is 31.1. The molecule has 0 N–H and O–H groups in total. The molecule has 0 aliphatic heterocycles. The van der Waals surface area contributed by atoms with Crippen LogP contribution in [0.15, 0.2) is 11.1 Å². The zero-order valence-corrected chi connectivity index (χ0v) is 15.1. The lowest BCUT2D eigenvalue weighted by atomic mass is 9.91. The highest BCUT2D eigenvalue weighted by Gasteiger charge is 2.40. The minimum absolute atomic E-state index is 0.192. The molecule has 0 amide bonds. The molecule has 2 nitrogen and oxygen atoms in total. The van der Waals surface area contributed by atoms with Crippen molar-refractivity contribution in [2.24, 2.45) is 0 Å². The molecular formula is C20H29O2P. The maximum Gasteiger partial charge on any atom is 0.129 e. The highest BCUT2D eigenvalue weighted by molar-refractivity contribution is 7.60. The fourth-order valence-electron chi connectivity index (χ4n) is 5.05. The van der Waals surface area contributed by atoms with Crippen molar-refractivity contribution < 1.29 is 9.59 Å². The Hall–Kier alpha value is -0.670. The van der Waals surface area contributed by atoms with Gasteiger partial charge in [-0.25, -0.2) is 9.59 Å². The van der Waals surface area contributed by atoms with Crippen LogP contribution < -0.4 is 0 Å². The molecule has 23 heavy (non-hydrogen) atoms. The molecule has 3 rings (SSSR count). The molecule has 1 atom stereocenters. The topological polar surface area (TPSA) is 34.1 Å². The van der Waals surface area contributed by atoms with E-state index in [0.29, 0.717) is 11.2 Å².